The van der Waals surface area contributed by atoms with E-state index in [1.54, 1.807) is 0 Å². The summed E-state index contributed by atoms with van der Waals surface area (Å²) in [5.74, 6) is 0.590. The molecular formula is C15H18. The van der Waals surface area contributed by atoms with Gasteiger partial charge in [0.2, 0.25) is 0 Å². The van der Waals surface area contributed by atoms with Gasteiger partial charge in [0.25, 0.3) is 0 Å². The fourth-order valence-electron chi connectivity index (χ4n) is 2.09. The third-order valence-corrected chi connectivity index (χ3v) is 2.94. The smallest absolute Gasteiger partial charge is 0.00559 e. The average molecular weight is 198 g/mol. The number of allylic oxidation sites excluding steroid dienone is 4. The lowest BCUT2D eigenvalue weighted by atomic mass is 9.89. The molecule has 0 saturated heterocycles. The first kappa shape index (κ1) is 10.2. The highest BCUT2D eigenvalue weighted by Gasteiger charge is 2.09. The summed E-state index contributed by atoms with van der Waals surface area (Å²) in [5.41, 5.74) is 2.94. The van der Waals surface area contributed by atoms with Gasteiger partial charge in [0, 0.05) is 5.92 Å². The van der Waals surface area contributed by atoms with E-state index in [0.717, 1.165) is 6.42 Å². The Morgan fingerprint density at radius 1 is 1.20 bits per heavy atom. The molecule has 0 radical (unpaired) electrons. The van der Waals surface area contributed by atoms with E-state index in [9.17, 15) is 0 Å². The SMILES string of the molecule is CCCC1=CCC(c2ccccc2)C=C1. The van der Waals surface area contributed by atoms with Crippen LogP contribution in [-0.2, 0) is 0 Å². The van der Waals surface area contributed by atoms with Crippen molar-refractivity contribution in [3.05, 3.63) is 59.7 Å². The van der Waals surface area contributed by atoms with Crippen LogP contribution in [0.3, 0.4) is 0 Å². The Balaban J connectivity index is 2.04. The second-order valence-corrected chi connectivity index (χ2v) is 4.14. The van der Waals surface area contributed by atoms with E-state index >= 15 is 0 Å². The lowest BCUT2D eigenvalue weighted by molar-refractivity contribution is 0.820. The minimum Gasteiger partial charge on any atom is -0.0804 e. The van der Waals surface area contributed by atoms with Gasteiger partial charge in [-0.05, 0) is 18.4 Å². The second kappa shape index (κ2) is 4.97. The van der Waals surface area contributed by atoms with Gasteiger partial charge in [-0.3, -0.25) is 0 Å². The van der Waals surface area contributed by atoms with Gasteiger partial charge in [0.1, 0.15) is 0 Å². The average Bonchev–Trinajstić information content (AvgIpc) is 2.32. The molecule has 0 aliphatic heterocycles. The highest BCUT2D eigenvalue weighted by atomic mass is 14.1. The fraction of sp³-hybridized carbons (Fsp3) is 0.333. The van der Waals surface area contributed by atoms with Gasteiger partial charge in [-0.25, -0.2) is 0 Å². The zero-order valence-corrected chi connectivity index (χ0v) is 9.32. The van der Waals surface area contributed by atoms with Crippen molar-refractivity contribution in [1.29, 1.82) is 0 Å². The van der Waals surface area contributed by atoms with Crippen molar-refractivity contribution in [3.8, 4) is 0 Å². The minimum absolute atomic E-state index is 0.590. The molecular weight excluding hydrogens is 180 g/mol. The Labute approximate surface area is 92.3 Å². The van der Waals surface area contributed by atoms with Crippen LogP contribution in [0.4, 0.5) is 0 Å². The predicted molar refractivity (Wildman–Crippen MR) is 65.9 cm³/mol. The summed E-state index contributed by atoms with van der Waals surface area (Å²) >= 11 is 0. The van der Waals surface area contributed by atoms with Crippen molar-refractivity contribution in [3.63, 3.8) is 0 Å². The van der Waals surface area contributed by atoms with Crippen molar-refractivity contribution < 1.29 is 0 Å². The summed E-state index contributed by atoms with van der Waals surface area (Å²) in [5, 5.41) is 0. The van der Waals surface area contributed by atoms with Gasteiger partial charge in [0.15, 0.2) is 0 Å². The van der Waals surface area contributed by atoms with E-state index < -0.39 is 0 Å². The lowest BCUT2D eigenvalue weighted by Crippen LogP contribution is -1.98. The molecule has 0 heteroatoms. The van der Waals surface area contributed by atoms with E-state index in [4.69, 9.17) is 0 Å². The van der Waals surface area contributed by atoms with Crippen LogP contribution in [0.2, 0.25) is 0 Å². The zero-order chi connectivity index (χ0) is 10.5. The molecule has 1 aromatic carbocycles. The number of benzene rings is 1. The van der Waals surface area contributed by atoms with Crippen molar-refractivity contribution >= 4 is 0 Å². The summed E-state index contributed by atoms with van der Waals surface area (Å²) in [6.07, 6.45) is 10.7. The lowest BCUT2D eigenvalue weighted by Gasteiger charge is -2.16. The maximum absolute atomic E-state index is 2.39. The van der Waals surface area contributed by atoms with Crippen LogP contribution in [0, 0.1) is 0 Å². The third-order valence-electron chi connectivity index (χ3n) is 2.94. The fourth-order valence-corrected chi connectivity index (χ4v) is 2.09. The zero-order valence-electron chi connectivity index (χ0n) is 9.32. The molecule has 0 bridgehead atoms. The minimum atomic E-state index is 0.590. The van der Waals surface area contributed by atoms with Gasteiger partial charge in [-0.1, -0.05) is 67.5 Å². The van der Waals surface area contributed by atoms with E-state index in [0.29, 0.717) is 5.92 Å². The first-order chi connectivity index (χ1) is 7.40. The highest BCUT2D eigenvalue weighted by molar-refractivity contribution is 5.32. The van der Waals surface area contributed by atoms with Crippen LogP contribution in [-0.4, -0.2) is 0 Å². The Bertz CT molecular complexity index is 357. The number of hydrogen-bond donors (Lipinski definition) is 0. The molecule has 0 saturated carbocycles. The van der Waals surface area contributed by atoms with Crippen LogP contribution in [0.1, 0.15) is 37.7 Å². The maximum Gasteiger partial charge on any atom is 0.00559 e. The van der Waals surface area contributed by atoms with Crippen LogP contribution < -0.4 is 0 Å². The molecule has 0 spiro atoms. The molecule has 1 aliphatic rings. The van der Waals surface area contributed by atoms with Crippen molar-refractivity contribution in [2.45, 2.75) is 32.1 Å². The molecule has 2 rings (SSSR count). The first-order valence-corrected chi connectivity index (χ1v) is 5.82. The van der Waals surface area contributed by atoms with Crippen LogP contribution in [0.5, 0.6) is 0 Å². The topological polar surface area (TPSA) is 0 Å². The van der Waals surface area contributed by atoms with Gasteiger partial charge in [0.05, 0.1) is 0 Å². The van der Waals surface area contributed by atoms with Gasteiger partial charge >= 0.3 is 0 Å². The summed E-state index contributed by atoms with van der Waals surface area (Å²) in [4.78, 5) is 0. The van der Waals surface area contributed by atoms with Crippen molar-refractivity contribution in [2.75, 3.05) is 0 Å². The largest absolute Gasteiger partial charge is 0.0804 e. The molecule has 0 aromatic heterocycles. The summed E-state index contributed by atoms with van der Waals surface area (Å²) in [6, 6.07) is 10.7. The Hall–Kier alpha value is -1.30. The van der Waals surface area contributed by atoms with Crippen LogP contribution in [0.15, 0.2) is 54.1 Å². The van der Waals surface area contributed by atoms with Gasteiger partial charge in [-0.2, -0.15) is 0 Å². The van der Waals surface area contributed by atoms with Crippen LogP contribution >= 0.6 is 0 Å². The van der Waals surface area contributed by atoms with E-state index in [1.165, 1.54) is 24.0 Å². The second-order valence-electron chi connectivity index (χ2n) is 4.14. The summed E-state index contributed by atoms with van der Waals surface area (Å²) in [6.45, 7) is 2.23. The van der Waals surface area contributed by atoms with E-state index in [-0.39, 0.29) is 0 Å². The molecule has 78 valence electrons. The molecule has 1 aliphatic carbocycles. The molecule has 1 atom stereocenters. The Morgan fingerprint density at radius 2 is 2.00 bits per heavy atom. The van der Waals surface area contributed by atoms with Crippen molar-refractivity contribution in [1.82, 2.24) is 0 Å². The van der Waals surface area contributed by atoms with Crippen molar-refractivity contribution in [2.24, 2.45) is 0 Å². The Kier molecular flexibility index (Phi) is 3.39. The van der Waals surface area contributed by atoms with E-state index in [2.05, 4.69) is 55.5 Å². The number of hydrogen-bond acceptors (Lipinski definition) is 0. The predicted octanol–water partition coefficient (Wildman–Crippen LogP) is 4.46. The third kappa shape index (κ3) is 2.59. The highest BCUT2D eigenvalue weighted by Crippen LogP contribution is 2.27. The molecule has 0 N–H and O–H groups in total. The van der Waals surface area contributed by atoms with Gasteiger partial charge < -0.3 is 0 Å². The van der Waals surface area contributed by atoms with Gasteiger partial charge in [-0.15, -0.1) is 0 Å². The number of rotatable bonds is 3. The molecule has 0 fully saturated rings. The molecule has 1 aromatic rings. The molecule has 0 nitrogen and oxygen atoms in total. The first-order valence-electron chi connectivity index (χ1n) is 5.82. The monoisotopic (exact) mass is 198 g/mol. The molecule has 0 heterocycles. The van der Waals surface area contributed by atoms with Crippen LogP contribution in [0.25, 0.3) is 0 Å². The summed E-state index contributed by atoms with van der Waals surface area (Å²) < 4.78 is 0. The standard InChI is InChI=1S/C15H18/c1-2-6-13-9-11-15(12-10-13)14-7-4-3-5-8-14/h3-5,7-11,15H,2,6,12H2,1H3. The van der Waals surface area contributed by atoms with E-state index in [1.807, 2.05) is 0 Å². The maximum atomic E-state index is 2.39. The quantitative estimate of drug-likeness (QED) is 0.672. The molecule has 0 amide bonds. The molecule has 15 heavy (non-hydrogen) atoms. The Morgan fingerprint density at radius 3 is 2.60 bits per heavy atom. The summed E-state index contributed by atoms with van der Waals surface area (Å²) in [7, 11) is 0. The normalized spacial score (nSPS) is 20.1. The molecule has 1 unspecified atom stereocenters.